The second-order valence-electron chi connectivity index (χ2n) is 5.76. The molecule has 2 aliphatic rings. The van der Waals surface area contributed by atoms with Crippen LogP contribution in [0.1, 0.15) is 57.8 Å². The van der Waals surface area contributed by atoms with E-state index in [9.17, 15) is 4.79 Å². The Balaban J connectivity index is 1.65. The number of hydrogen-bond acceptors (Lipinski definition) is 2. The van der Waals surface area contributed by atoms with Crippen molar-refractivity contribution in [2.24, 2.45) is 5.92 Å². The molecule has 0 radical (unpaired) electrons. The molecule has 0 aliphatic heterocycles. The van der Waals surface area contributed by atoms with Gasteiger partial charge in [0, 0.05) is 18.5 Å². The smallest absolute Gasteiger partial charge is 0.220 e. The van der Waals surface area contributed by atoms with E-state index in [2.05, 4.69) is 10.6 Å². The van der Waals surface area contributed by atoms with Crippen molar-refractivity contribution in [3.63, 3.8) is 0 Å². The van der Waals surface area contributed by atoms with Crippen molar-refractivity contribution < 1.29 is 4.79 Å². The number of hydrogen-bond donors (Lipinski definition) is 2. The van der Waals surface area contributed by atoms with Gasteiger partial charge in [-0.3, -0.25) is 4.79 Å². The van der Waals surface area contributed by atoms with Crippen LogP contribution in [0.3, 0.4) is 0 Å². The minimum atomic E-state index is 0.296. The molecule has 0 unspecified atom stereocenters. The molecular weight excluding hydrogens is 212 g/mol. The van der Waals surface area contributed by atoms with E-state index in [-0.39, 0.29) is 0 Å². The summed E-state index contributed by atoms with van der Waals surface area (Å²) in [6.45, 7) is 0. The summed E-state index contributed by atoms with van der Waals surface area (Å²) in [6, 6.07) is 1.10. The predicted molar refractivity (Wildman–Crippen MR) is 69.8 cm³/mol. The number of carbonyl (C=O) groups excluding carboxylic acids is 1. The number of nitrogens with one attached hydrogen (secondary N) is 2. The molecule has 0 bridgehead atoms. The Morgan fingerprint density at radius 3 is 2.18 bits per heavy atom. The first kappa shape index (κ1) is 12.9. The standard InChI is InChI=1S/C14H26N2O/c1-15-12-6-8-13(9-7-12)16-14(17)10-11-4-2-3-5-11/h11-13,15H,2-10H2,1H3,(H,16,17). The Labute approximate surface area is 105 Å². The third-order valence-corrected chi connectivity index (χ3v) is 4.45. The maximum atomic E-state index is 11.9. The van der Waals surface area contributed by atoms with Crippen molar-refractivity contribution in [3.8, 4) is 0 Å². The summed E-state index contributed by atoms with van der Waals surface area (Å²) in [7, 11) is 2.03. The van der Waals surface area contributed by atoms with E-state index in [4.69, 9.17) is 0 Å². The van der Waals surface area contributed by atoms with E-state index in [1.807, 2.05) is 7.05 Å². The second-order valence-corrected chi connectivity index (χ2v) is 5.76. The average molecular weight is 238 g/mol. The molecule has 17 heavy (non-hydrogen) atoms. The molecule has 2 rings (SSSR count). The molecule has 0 aromatic rings. The van der Waals surface area contributed by atoms with Gasteiger partial charge in [0.15, 0.2) is 0 Å². The van der Waals surface area contributed by atoms with Crippen molar-refractivity contribution in [2.45, 2.75) is 69.9 Å². The maximum absolute atomic E-state index is 11.9. The van der Waals surface area contributed by atoms with Gasteiger partial charge in [0.05, 0.1) is 0 Å². The van der Waals surface area contributed by atoms with Crippen molar-refractivity contribution in [1.29, 1.82) is 0 Å². The summed E-state index contributed by atoms with van der Waals surface area (Å²) in [5.74, 6) is 0.966. The van der Waals surface area contributed by atoms with E-state index in [1.165, 1.54) is 38.5 Å². The van der Waals surface area contributed by atoms with Crippen LogP contribution in [0.5, 0.6) is 0 Å². The summed E-state index contributed by atoms with van der Waals surface area (Å²) in [5.41, 5.74) is 0. The lowest BCUT2D eigenvalue weighted by Gasteiger charge is -2.29. The molecule has 0 heterocycles. The Kier molecular flexibility index (Phi) is 4.84. The molecular formula is C14H26N2O. The lowest BCUT2D eigenvalue weighted by Crippen LogP contribution is -2.41. The van der Waals surface area contributed by atoms with Gasteiger partial charge in [0.2, 0.25) is 5.91 Å². The van der Waals surface area contributed by atoms with Crippen LogP contribution in [0.25, 0.3) is 0 Å². The maximum Gasteiger partial charge on any atom is 0.220 e. The first-order chi connectivity index (χ1) is 8.28. The Bertz CT molecular complexity index is 241. The quantitative estimate of drug-likeness (QED) is 0.788. The molecule has 2 N–H and O–H groups in total. The molecule has 3 heteroatoms. The van der Waals surface area contributed by atoms with E-state index in [1.54, 1.807) is 0 Å². The van der Waals surface area contributed by atoms with Gasteiger partial charge >= 0.3 is 0 Å². The fourth-order valence-corrected chi connectivity index (χ4v) is 3.29. The van der Waals surface area contributed by atoms with E-state index >= 15 is 0 Å². The minimum Gasteiger partial charge on any atom is -0.353 e. The zero-order chi connectivity index (χ0) is 12.1. The lowest BCUT2D eigenvalue weighted by atomic mass is 9.91. The van der Waals surface area contributed by atoms with Gasteiger partial charge in [-0.25, -0.2) is 0 Å². The summed E-state index contributed by atoms with van der Waals surface area (Å²) < 4.78 is 0. The zero-order valence-corrected chi connectivity index (χ0v) is 11.0. The summed E-state index contributed by atoms with van der Waals surface area (Å²) >= 11 is 0. The SMILES string of the molecule is CNC1CCC(NC(=O)CC2CCCC2)CC1. The fraction of sp³-hybridized carbons (Fsp3) is 0.929. The van der Waals surface area contributed by atoms with Crippen LogP contribution < -0.4 is 10.6 Å². The van der Waals surface area contributed by atoms with Crippen molar-refractivity contribution in [2.75, 3.05) is 7.05 Å². The van der Waals surface area contributed by atoms with Crippen LogP contribution >= 0.6 is 0 Å². The highest BCUT2D eigenvalue weighted by atomic mass is 16.1. The summed E-state index contributed by atoms with van der Waals surface area (Å²) in [6.07, 6.45) is 10.6. The van der Waals surface area contributed by atoms with Crippen LogP contribution in [0.2, 0.25) is 0 Å². The molecule has 2 aliphatic carbocycles. The van der Waals surface area contributed by atoms with E-state index in [0.717, 1.165) is 19.3 Å². The molecule has 1 amide bonds. The largest absolute Gasteiger partial charge is 0.353 e. The van der Waals surface area contributed by atoms with Gasteiger partial charge in [-0.15, -0.1) is 0 Å². The summed E-state index contributed by atoms with van der Waals surface area (Å²) in [4.78, 5) is 11.9. The Morgan fingerprint density at radius 2 is 1.59 bits per heavy atom. The molecule has 0 saturated heterocycles. The van der Waals surface area contributed by atoms with Gasteiger partial charge in [0.25, 0.3) is 0 Å². The van der Waals surface area contributed by atoms with Crippen molar-refractivity contribution >= 4 is 5.91 Å². The third-order valence-electron chi connectivity index (χ3n) is 4.45. The number of amides is 1. The average Bonchev–Trinajstić information content (AvgIpc) is 2.82. The van der Waals surface area contributed by atoms with Gasteiger partial charge in [-0.05, 0) is 51.5 Å². The zero-order valence-electron chi connectivity index (χ0n) is 11.0. The van der Waals surface area contributed by atoms with Gasteiger partial charge < -0.3 is 10.6 Å². The molecule has 0 atom stereocenters. The highest BCUT2D eigenvalue weighted by molar-refractivity contribution is 5.76. The third kappa shape index (κ3) is 3.98. The van der Waals surface area contributed by atoms with Crippen molar-refractivity contribution in [1.82, 2.24) is 10.6 Å². The monoisotopic (exact) mass is 238 g/mol. The van der Waals surface area contributed by atoms with Crippen LogP contribution in [-0.4, -0.2) is 25.0 Å². The van der Waals surface area contributed by atoms with Gasteiger partial charge in [-0.1, -0.05) is 12.8 Å². The number of carbonyl (C=O) groups is 1. The van der Waals surface area contributed by atoms with Gasteiger partial charge in [0.1, 0.15) is 0 Å². The van der Waals surface area contributed by atoms with Crippen LogP contribution in [0.15, 0.2) is 0 Å². The van der Waals surface area contributed by atoms with E-state index in [0.29, 0.717) is 23.9 Å². The second kappa shape index (κ2) is 6.39. The van der Waals surface area contributed by atoms with Crippen molar-refractivity contribution in [3.05, 3.63) is 0 Å². The van der Waals surface area contributed by atoms with Crippen LogP contribution in [0.4, 0.5) is 0 Å². The highest BCUT2D eigenvalue weighted by Crippen LogP contribution is 2.27. The topological polar surface area (TPSA) is 41.1 Å². The molecule has 2 fully saturated rings. The first-order valence-electron chi connectivity index (χ1n) is 7.24. The first-order valence-corrected chi connectivity index (χ1v) is 7.24. The van der Waals surface area contributed by atoms with Crippen LogP contribution in [0, 0.1) is 5.92 Å². The Hall–Kier alpha value is -0.570. The molecule has 3 nitrogen and oxygen atoms in total. The predicted octanol–water partition coefficient (Wildman–Crippen LogP) is 2.21. The Morgan fingerprint density at radius 1 is 1.00 bits per heavy atom. The minimum absolute atomic E-state index is 0.296. The van der Waals surface area contributed by atoms with Crippen LogP contribution in [-0.2, 0) is 4.79 Å². The molecule has 0 spiro atoms. The lowest BCUT2D eigenvalue weighted by molar-refractivity contribution is -0.122. The number of rotatable bonds is 4. The van der Waals surface area contributed by atoms with E-state index < -0.39 is 0 Å². The highest BCUT2D eigenvalue weighted by Gasteiger charge is 2.23. The molecule has 98 valence electrons. The fourth-order valence-electron chi connectivity index (χ4n) is 3.29. The molecule has 0 aromatic heterocycles. The normalized spacial score (nSPS) is 30.4. The molecule has 0 aromatic carbocycles. The summed E-state index contributed by atoms with van der Waals surface area (Å²) in [5, 5.41) is 6.55. The molecule has 2 saturated carbocycles. The van der Waals surface area contributed by atoms with Gasteiger partial charge in [-0.2, -0.15) is 0 Å².